The molecule has 0 N–H and O–H groups in total. The molecule has 1 amide bonds. The zero-order valence-electron chi connectivity index (χ0n) is 15.0. The van der Waals surface area contributed by atoms with Gasteiger partial charge in [0.2, 0.25) is 0 Å². The van der Waals surface area contributed by atoms with Crippen LogP contribution in [0, 0.1) is 11.7 Å². The minimum atomic E-state index is -0.301. The van der Waals surface area contributed by atoms with Gasteiger partial charge in [-0.3, -0.25) is 4.79 Å². The molecule has 2 aliphatic heterocycles. The molecule has 2 heterocycles. The van der Waals surface area contributed by atoms with E-state index in [1.807, 2.05) is 0 Å². The number of likely N-dealkylation sites (tertiary alicyclic amines) is 1. The number of rotatable bonds is 4. The molecule has 2 unspecified atom stereocenters. The summed E-state index contributed by atoms with van der Waals surface area (Å²) >= 11 is 0. The molecule has 0 bridgehead atoms. The summed E-state index contributed by atoms with van der Waals surface area (Å²) in [6.07, 6.45) is -0.196. The standard InChI is InChI=1S/C20H19FN2O4/c1-25-14-7-8-15(17(9-14)26-2)20(24)23-10-16-18(11-23)27-22-19(16)12-3-5-13(21)6-4-12/h3-9,16,18H,10-11H2,1-2H3. The van der Waals surface area contributed by atoms with Crippen LogP contribution in [0.1, 0.15) is 15.9 Å². The van der Waals surface area contributed by atoms with Crippen molar-refractivity contribution < 1.29 is 23.5 Å². The molecule has 2 aromatic rings. The first-order valence-corrected chi connectivity index (χ1v) is 8.61. The van der Waals surface area contributed by atoms with Crippen molar-refractivity contribution in [2.24, 2.45) is 11.1 Å². The summed E-state index contributed by atoms with van der Waals surface area (Å²) < 4.78 is 23.7. The van der Waals surface area contributed by atoms with E-state index in [1.54, 1.807) is 42.3 Å². The smallest absolute Gasteiger partial charge is 0.257 e. The highest BCUT2D eigenvalue weighted by atomic mass is 19.1. The van der Waals surface area contributed by atoms with Crippen molar-refractivity contribution in [3.63, 3.8) is 0 Å². The van der Waals surface area contributed by atoms with Crippen LogP contribution in [0.3, 0.4) is 0 Å². The molecule has 2 aromatic carbocycles. The van der Waals surface area contributed by atoms with E-state index in [0.29, 0.717) is 30.2 Å². The highest BCUT2D eigenvalue weighted by molar-refractivity contribution is 6.04. The predicted molar refractivity (Wildman–Crippen MR) is 96.7 cm³/mol. The number of fused-ring (bicyclic) bond motifs is 1. The van der Waals surface area contributed by atoms with Crippen LogP contribution in [0.15, 0.2) is 47.6 Å². The van der Waals surface area contributed by atoms with E-state index < -0.39 is 0 Å². The van der Waals surface area contributed by atoms with E-state index in [1.165, 1.54) is 19.2 Å². The van der Waals surface area contributed by atoms with Gasteiger partial charge in [0.15, 0.2) is 6.10 Å². The van der Waals surface area contributed by atoms with Crippen LogP contribution in [-0.4, -0.2) is 49.9 Å². The second-order valence-electron chi connectivity index (χ2n) is 6.51. The molecular formula is C20H19FN2O4. The van der Waals surface area contributed by atoms with E-state index in [4.69, 9.17) is 14.3 Å². The zero-order valence-corrected chi connectivity index (χ0v) is 15.0. The fourth-order valence-corrected chi connectivity index (χ4v) is 3.53. The molecule has 2 aliphatic rings. The molecule has 0 radical (unpaired) electrons. The minimum absolute atomic E-state index is 0.0383. The minimum Gasteiger partial charge on any atom is -0.497 e. The second kappa shape index (κ2) is 6.90. The second-order valence-corrected chi connectivity index (χ2v) is 6.51. The summed E-state index contributed by atoms with van der Waals surface area (Å²) in [6.45, 7) is 0.918. The maximum absolute atomic E-state index is 13.2. The third-order valence-electron chi connectivity index (χ3n) is 4.97. The molecule has 4 rings (SSSR count). The first kappa shape index (κ1) is 17.3. The molecule has 0 saturated carbocycles. The van der Waals surface area contributed by atoms with E-state index in [2.05, 4.69) is 5.16 Å². The van der Waals surface area contributed by atoms with Gasteiger partial charge in [0, 0.05) is 18.2 Å². The van der Waals surface area contributed by atoms with Crippen LogP contribution in [0.5, 0.6) is 11.5 Å². The van der Waals surface area contributed by atoms with Gasteiger partial charge in [-0.1, -0.05) is 17.3 Å². The molecule has 27 heavy (non-hydrogen) atoms. The normalized spacial score (nSPS) is 20.7. The number of carbonyl (C=O) groups excluding carboxylic acids is 1. The summed E-state index contributed by atoms with van der Waals surface area (Å²) in [5.41, 5.74) is 2.02. The first-order chi connectivity index (χ1) is 13.1. The van der Waals surface area contributed by atoms with Crippen LogP contribution < -0.4 is 9.47 Å². The number of carbonyl (C=O) groups is 1. The molecule has 1 fully saturated rings. The fourth-order valence-electron chi connectivity index (χ4n) is 3.53. The number of hydrogen-bond donors (Lipinski definition) is 0. The van der Waals surface area contributed by atoms with Gasteiger partial charge < -0.3 is 19.2 Å². The molecule has 7 heteroatoms. The Morgan fingerprint density at radius 1 is 1.15 bits per heavy atom. The third kappa shape index (κ3) is 3.09. The molecule has 140 valence electrons. The maximum Gasteiger partial charge on any atom is 0.257 e. The van der Waals surface area contributed by atoms with E-state index in [0.717, 1.165) is 11.3 Å². The van der Waals surface area contributed by atoms with Gasteiger partial charge in [-0.15, -0.1) is 0 Å². The SMILES string of the molecule is COc1ccc(C(=O)N2CC3ON=C(c4ccc(F)cc4)C3C2)c(OC)c1. The summed E-state index contributed by atoms with van der Waals surface area (Å²) in [7, 11) is 3.08. The number of oxime groups is 1. The molecule has 0 spiro atoms. The Bertz CT molecular complexity index is 897. The number of methoxy groups -OCH3 is 2. The lowest BCUT2D eigenvalue weighted by Gasteiger charge is -2.19. The Kier molecular flexibility index (Phi) is 4.43. The Morgan fingerprint density at radius 3 is 2.63 bits per heavy atom. The quantitative estimate of drug-likeness (QED) is 0.830. The Hall–Kier alpha value is -3.09. The van der Waals surface area contributed by atoms with Crippen LogP contribution in [0.25, 0.3) is 0 Å². The van der Waals surface area contributed by atoms with Crippen LogP contribution in [0.2, 0.25) is 0 Å². The van der Waals surface area contributed by atoms with Crippen molar-refractivity contribution in [3.05, 3.63) is 59.4 Å². The molecule has 6 nitrogen and oxygen atoms in total. The van der Waals surface area contributed by atoms with Crippen molar-refractivity contribution in [1.29, 1.82) is 0 Å². The summed E-state index contributed by atoms with van der Waals surface area (Å²) in [6, 6.07) is 11.3. The van der Waals surface area contributed by atoms with Gasteiger partial charge >= 0.3 is 0 Å². The van der Waals surface area contributed by atoms with Crippen LogP contribution in [0.4, 0.5) is 4.39 Å². The molecule has 0 aliphatic carbocycles. The highest BCUT2D eigenvalue weighted by Crippen LogP contribution is 2.33. The fraction of sp³-hybridized carbons (Fsp3) is 0.300. The lowest BCUT2D eigenvalue weighted by Crippen LogP contribution is -2.31. The first-order valence-electron chi connectivity index (χ1n) is 8.61. The molecule has 0 aromatic heterocycles. The van der Waals surface area contributed by atoms with Crippen molar-refractivity contribution in [2.45, 2.75) is 6.10 Å². The van der Waals surface area contributed by atoms with Crippen molar-refractivity contribution in [1.82, 2.24) is 4.90 Å². The summed E-state index contributed by atoms with van der Waals surface area (Å²) in [5.74, 6) is 0.611. The van der Waals surface area contributed by atoms with Crippen molar-refractivity contribution >= 4 is 11.6 Å². The van der Waals surface area contributed by atoms with E-state index in [-0.39, 0.29) is 23.7 Å². The number of amides is 1. The molecule has 1 saturated heterocycles. The topological polar surface area (TPSA) is 60.4 Å². The van der Waals surface area contributed by atoms with Crippen LogP contribution in [-0.2, 0) is 4.84 Å². The number of nitrogens with zero attached hydrogens (tertiary/aromatic N) is 2. The average molecular weight is 370 g/mol. The Balaban J connectivity index is 1.54. The van der Waals surface area contributed by atoms with Gasteiger partial charge in [-0.2, -0.15) is 0 Å². The number of ether oxygens (including phenoxy) is 2. The molecular weight excluding hydrogens is 351 g/mol. The lowest BCUT2D eigenvalue weighted by atomic mass is 9.95. The summed E-state index contributed by atoms with van der Waals surface area (Å²) in [4.78, 5) is 20.3. The van der Waals surface area contributed by atoms with Crippen molar-refractivity contribution in [2.75, 3.05) is 27.3 Å². The van der Waals surface area contributed by atoms with Gasteiger partial charge in [-0.05, 0) is 24.3 Å². The van der Waals surface area contributed by atoms with E-state index >= 15 is 0 Å². The van der Waals surface area contributed by atoms with Gasteiger partial charge in [0.05, 0.1) is 38.0 Å². The number of benzene rings is 2. The Labute approximate surface area is 156 Å². The number of halogens is 1. The third-order valence-corrected chi connectivity index (χ3v) is 4.97. The average Bonchev–Trinajstić information content (AvgIpc) is 3.28. The van der Waals surface area contributed by atoms with Crippen LogP contribution >= 0.6 is 0 Å². The lowest BCUT2D eigenvalue weighted by molar-refractivity contribution is 0.0629. The maximum atomic E-state index is 13.2. The largest absolute Gasteiger partial charge is 0.497 e. The van der Waals surface area contributed by atoms with Gasteiger partial charge in [-0.25, -0.2) is 4.39 Å². The Morgan fingerprint density at radius 2 is 1.93 bits per heavy atom. The predicted octanol–water partition coefficient (Wildman–Crippen LogP) is 2.72. The monoisotopic (exact) mass is 370 g/mol. The van der Waals surface area contributed by atoms with Gasteiger partial charge in [0.25, 0.3) is 5.91 Å². The zero-order chi connectivity index (χ0) is 19.0. The van der Waals surface area contributed by atoms with Crippen molar-refractivity contribution in [3.8, 4) is 11.5 Å². The van der Waals surface area contributed by atoms with Gasteiger partial charge in [0.1, 0.15) is 17.3 Å². The highest BCUT2D eigenvalue weighted by Gasteiger charge is 2.44. The summed E-state index contributed by atoms with van der Waals surface area (Å²) in [5, 5.41) is 4.16. The number of hydrogen-bond acceptors (Lipinski definition) is 5. The van der Waals surface area contributed by atoms with E-state index in [9.17, 15) is 9.18 Å². The molecule has 2 atom stereocenters.